The molecule has 0 aromatic heterocycles. The van der Waals surface area contributed by atoms with E-state index in [1.54, 1.807) is 17.8 Å². The number of hydrogen-bond donors (Lipinski definition) is 1. The van der Waals surface area contributed by atoms with Gasteiger partial charge in [0.2, 0.25) is 0 Å². The van der Waals surface area contributed by atoms with Gasteiger partial charge in [0.1, 0.15) is 5.75 Å². The molecule has 2 N–H and O–H groups in total. The number of ether oxygens (including phenoxy) is 1. The lowest BCUT2D eigenvalue weighted by Crippen LogP contribution is -2.12. The molecule has 1 rings (SSSR count). The van der Waals surface area contributed by atoms with E-state index in [4.69, 9.17) is 10.5 Å². The van der Waals surface area contributed by atoms with Crippen molar-refractivity contribution in [2.75, 3.05) is 13.7 Å². The molecule has 0 radical (unpaired) electrons. The summed E-state index contributed by atoms with van der Waals surface area (Å²) >= 11 is 1.67. The number of non-ortho nitro benzene ring substituents is 1. The Morgan fingerprint density at radius 2 is 2.24 bits per heavy atom. The van der Waals surface area contributed by atoms with E-state index in [0.717, 1.165) is 5.56 Å². The fraction of sp³-hybridized carbons (Fsp3) is 0.455. The van der Waals surface area contributed by atoms with Crippen molar-refractivity contribution in [1.82, 2.24) is 0 Å². The summed E-state index contributed by atoms with van der Waals surface area (Å²) in [5.74, 6) is 1.20. The van der Waals surface area contributed by atoms with Gasteiger partial charge >= 0.3 is 0 Å². The van der Waals surface area contributed by atoms with Crippen molar-refractivity contribution in [2.24, 2.45) is 5.73 Å². The molecule has 1 aromatic carbocycles. The maximum atomic E-state index is 10.7. The van der Waals surface area contributed by atoms with Crippen LogP contribution in [0.1, 0.15) is 12.5 Å². The summed E-state index contributed by atoms with van der Waals surface area (Å²) in [6.07, 6.45) is 0. The molecule has 6 heteroatoms. The van der Waals surface area contributed by atoms with Gasteiger partial charge in [0, 0.05) is 23.6 Å². The van der Waals surface area contributed by atoms with Crippen LogP contribution >= 0.6 is 11.8 Å². The van der Waals surface area contributed by atoms with Crippen molar-refractivity contribution in [3.8, 4) is 5.75 Å². The van der Waals surface area contributed by atoms with Crippen molar-refractivity contribution in [3.05, 3.63) is 33.9 Å². The number of benzene rings is 1. The van der Waals surface area contributed by atoms with Crippen molar-refractivity contribution >= 4 is 17.4 Å². The predicted molar refractivity (Wildman–Crippen MR) is 69.5 cm³/mol. The Labute approximate surface area is 104 Å². The maximum Gasteiger partial charge on any atom is 0.273 e. The van der Waals surface area contributed by atoms with Crippen LogP contribution in [-0.2, 0) is 5.75 Å². The number of thioether (sulfide) groups is 1. The van der Waals surface area contributed by atoms with Crippen molar-refractivity contribution in [2.45, 2.75) is 17.9 Å². The monoisotopic (exact) mass is 256 g/mol. The Morgan fingerprint density at radius 3 is 2.76 bits per heavy atom. The van der Waals surface area contributed by atoms with Crippen molar-refractivity contribution in [1.29, 1.82) is 0 Å². The lowest BCUT2D eigenvalue weighted by Gasteiger charge is -2.09. The number of methoxy groups -OCH3 is 1. The number of rotatable bonds is 6. The molecule has 0 aliphatic heterocycles. The molecular formula is C11H16N2O3S. The van der Waals surface area contributed by atoms with Gasteiger partial charge in [0.25, 0.3) is 5.69 Å². The highest BCUT2D eigenvalue weighted by Gasteiger charge is 2.11. The molecule has 5 nitrogen and oxygen atoms in total. The van der Waals surface area contributed by atoms with Gasteiger partial charge in [0.15, 0.2) is 0 Å². The zero-order valence-electron chi connectivity index (χ0n) is 9.88. The van der Waals surface area contributed by atoms with E-state index in [1.807, 2.05) is 13.0 Å². The van der Waals surface area contributed by atoms with Gasteiger partial charge in [-0.05, 0) is 11.6 Å². The third-order valence-electron chi connectivity index (χ3n) is 2.26. The zero-order valence-corrected chi connectivity index (χ0v) is 10.7. The minimum Gasteiger partial charge on any atom is -0.496 e. The Balaban J connectivity index is 2.83. The van der Waals surface area contributed by atoms with Crippen LogP contribution in [0.2, 0.25) is 0 Å². The highest BCUT2D eigenvalue weighted by molar-refractivity contribution is 7.99. The largest absolute Gasteiger partial charge is 0.496 e. The minimum atomic E-state index is -0.414. The molecule has 1 atom stereocenters. The van der Waals surface area contributed by atoms with Gasteiger partial charge < -0.3 is 10.5 Å². The summed E-state index contributed by atoms with van der Waals surface area (Å²) in [5.41, 5.74) is 6.45. The van der Waals surface area contributed by atoms with Crippen LogP contribution < -0.4 is 10.5 Å². The van der Waals surface area contributed by atoms with E-state index in [-0.39, 0.29) is 5.69 Å². The molecule has 0 aliphatic carbocycles. The van der Waals surface area contributed by atoms with Crippen LogP contribution in [0.4, 0.5) is 5.69 Å². The quantitative estimate of drug-likeness (QED) is 0.623. The summed E-state index contributed by atoms with van der Waals surface area (Å²) in [7, 11) is 1.50. The molecule has 0 aliphatic rings. The lowest BCUT2D eigenvalue weighted by atomic mass is 10.2. The van der Waals surface area contributed by atoms with Crippen LogP contribution in [0.25, 0.3) is 0 Å². The predicted octanol–water partition coefficient (Wildman–Crippen LogP) is 2.18. The summed E-state index contributed by atoms with van der Waals surface area (Å²) in [4.78, 5) is 10.3. The van der Waals surface area contributed by atoms with E-state index >= 15 is 0 Å². The topological polar surface area (TPSA) is 78.4 Å². The molecule has 0 fully saturated rings. The Bertz CT molecular complexity index is 398. The number of nitrogens with zero attached hydrogens (tertiary/aromatic N) is 1. The van der Waals surface area contributed by atoms with Crippen LogP contribution in [0, 0.1) is 10.1 Å². The normalized spacial score (nSPS) is 12.2. The highest BCUT2D eigenvalue weighted by atomic mass is 32.2. The Hall–Kier alpha value is -1.27. The minimum absolute atomic E-state index is 0.0559. The fourth-order valence-electron chi connectivity index (χ4n) is 1.26. The van der Waals surface area contributed by atoms with Gasteiger partial charge in [-0.15, -0.1) is 0 Å². The molecule has 0 bridgehead atoms. The van der Waals surface area contributed by atoms with Gasteiger partial charge in [-0.2, -0.15) is 11.8 Å². The van der Waals surface area contributed by atoms with Gasteiger partial charge in [-0.3, -0.25) is 10.1 Å². The first-order chi connectivity index (χ1) is 8.06. The van der Waals surface area contributed by atoms with Gasteiger partial charge in [-0.1, -0.05) is 6.92 Å². The molecule has 17 heavy (non-hydrogen) atoms. The van der Waals surface area contributed by atoms with E-state index in [0.29, 0.717) is 23.3 Å². The van der Waals surface area contributed by atoms with Gasteiger partial charge in [0.05, 0.1) is 18.1 Å². The summed E-state index contributed by atoms with van der Waals surface area (Å²) in [5, 5.41) is 11.1. The van der Waals surface area contributed by atoms with Crippen LogP contribution in [0.5, 0.6) is 5.75 Å². The van der Waals surface area contributed by atoms with Crippen LogP contribution in [0.3, 0.4) is 0 Å². The first-order valence-corrected chi connectivity index (χ1v) is 6.25. The molecule has 1 unspecified atom stereocenters. The van der Waals surface area contributed by atoms with Crippen LogP contribution in [0.15, 0.2) is 18.2 Å². The first-order valence-electron chi connectivity index (χ1n) is 5.20. The van der Waals surface area contributed by atoms with Crippen molar-refractivity contribution < 1.29 is 9.66 Å². The van der Waals surface area contributed by atoms with Gasteiger partial charge in [-0.25, -0.2) is 0 Å². The molecule has 0 saturated carbocycles. The molecule has 94 valence electrons. The summed E-state index contributed by atoms with van der Waals surface area (Å²) in [6.45, 7) is 2.62. The second-order valence-corrected chi connectivity index (χ2v) is 5.08. The average Bonchev–Trinajstić information content (AvgIpc) is 2.35. The molecule has 0 spiro atoms. The fourth-order valence-corrected chi connectivity index (χ4v) is 2.04. The number of nitro benzene ring substituents is 1. The second kappa shape index (κ2) is 6.46. The summed E-state index contributed by atoms with van der Waals surface area (Å²) < 4.78 is 5.04. The number of nitro groups is 1. The first kappa shape index (κ1) is 13.8. The molecule has 0 heterocycles. The summed E-state index contributed by atoms with van der Waals surface area (Å²) in [6, 6.07) is 4.79. The van der Waals surface area contributed by atoms with E-state index < -0.39 is 4.92 Å². The Morgan fingerprint density at radius 1 is 1.53 bits per heavy atom. The van der Waals surface area contributed by atoms with Crippen LogP contribution in [-0.4, -0.2) is 23.8 Å². The standard InChI is InChI=1S/C11H16N2O3S/c1-8(6-12)17-7-9-3-10(13(14)15)5-11(4-9)16-2/h3-5,8H,6-7,12H2,1-2H3. The smallest absolute Gasteiger partial charge is 0.273 e. The molecule has 0 amide bonds. The third kappa shape index (κ3) is 4.24. The number of nitrogens with two attached hydrogens (primary N) is 1. The maximum absolute atomic E-state index is 10.7. The average molecular weight is 256 g/mol. The van der Waals surface area contributed by atoms with Crippen molar-refractivity contribution in [3.63, 3.8) is 0 Å². The Kier molecular flexibility index (Phi) is 5.24. The van der Waals surface area contributed by atoms with E-state index in [2.05, 4.69) is 0 Å². The third-order valence-corrected chi connectivity index (χ3v) is 3.53. The molecule has 0 saturated heterocycles. The van der Waals surface area contributed by atoms with E-state index in [9.17, 15) is 10.1 Å². The zero-order chi connectivity index (χ0) is 12.8. The number of hydrogen-bond acceptors (Lipinski definition) is 5. The lowest BCUT2D eigenvalue weighted by molar-refractivity contribution is -0.385. The molecule has 1 aromatic rings. The second-order valence-electron chi connectivity index (χ2n) is 3.65. The molecular weight excluding hydrogens is 240 g/mol. The highest BCUT2D eigenvalue weighted by Crippen LogP contribution is 2.26. The SMILES string of the molecule is COc1cc(CSC(C)CN)cc([N+](=O)[O-])c1. The van der Waals surface area contributed by atoms with E-state index in [1.165, 1.54) is 13.2 Å².